The van der Waals surface area contributed by atoms with E-state index in [1.165, 1.54) is 36.4 Å². The maximum Gasteiger partial charge on any atom is 0.197 e. The molecule has 4 nitrogen and oxygen atoms in total. The van der Waals surface area contributed by atoms with E-state index in [4.69, 9.17) is 21.4 Å². The number of ether oxygens (including phenoxy) is 1. The number of aliphatic hydroxyl groups excluding tert-OH is 1. The van der Waals surface area contributed by atoms with E-state index in [1.807, 2.05) is 0 Å². The van der Waals surface area contributed by atoms with Crippen LogP contribution in [0.25, 0.3) is 0 Å². The van der Waals surface area contributed by atoms with Crippen LogP contribution in [0.15, 0.2) is 60.7 Å². The van der Waals surface area contributed by atoms with Gasteiger partial charge < -0.3 is 15.2 Å². The standard InChI is InChI=1S/C22H18ClF2NO3/c23-20-12-16(26-15-4-2-14(24)3-5-15)6-8-18(20)22(28)19-13-17(7-9-21(19)25)29-11-1-10-27/h2-9,12-13,26-27H,1,10-11H2. The fourth-order valence-corrected chi connectivity index (χ4v) is 2.91. The molecular formula is C22H18ClF2NO3. The third-order valence-corrected chi connectivity index (χ3v) is 4.41. The molecule has 3 aromatic carbocycles. The minimum atomic E-state index is -0.686. The number of carbonyl (C=O) groups excluding carboxylic acids is 1. The van der Waals surface area contributed by atoms with Gasteiger partial charge in [-0.3, -0.25) is 4.79 Å². The molecule has 0 aromatic heterocycles. The summed E-state index contributed by atoms with van der Waals surface area (Å²) in [7, 11) is 0. The Bertz CT molecular complexity index is 1010. The smallest absolute Gasteiger partial charge is 0.197 e. The normalized spacial score (nSPS) is 10.6. The summed E-state index contributed by atoms with van der Waals surface area (Å²) in [6.07, 6.45) is 0.426. The van der Waals surface area contributed by atoms with Crippen molar-refractivity contribution in [2.45, 2.75) is 6.42 Å². The first-order chi connectivity index (χ1) is 14.0. The summed E-state index contributed by atoms with van der Waals surface area (Å²) in [4.78, 5) is 12.8. The van der Waals surface area contributed by atoms with Crippen molar-refractivity contribution in [3.8, 4) is 5.75 Å². The van der Waals surface area contributed by atoms with Crippen molar-refractivity contribution in [1.29, 1.82) is 0 Å². The lowest BCUT2D eigenvalue weighted by atomic mass is 10.0. The molecule has 0 spiro atoms. The van der Waals surface area contributed by atoms with Crippen molar-refractivity contribution in [3.05, 3.63) is 88.4 Å². The summed E-state index contributed by atoms with van der Waals surface area (Å²) in [6, 6.07) is 14.3. The predicted molar refractivity (Wildman–Crippen MR) is 108 cm³/mol. The second-order valence-electron chi connectivity index (χ2n) is 6.22. The molecule has 0 saturated heterocycles. The summed E-state index contributed by atoms with van der Waals surface area (Å²) in [6.45, 7) is 0.223. The molecule has 0 atom stereocenters. The van der Waals surface area contributed by atoms with E-state index in [1.54, 1.807) is 18.2 Å². The number of ketones is 1. The van der Waals surface area contributed by atoms with Gasteiger partial charge in [-0.25, -0.2) is 8.78 Å². The van der Waals surface area contributed by atoms with Crippen molar-refractivity contribution in [3.63, 3.8) is 0 Å². The highest BCUT2D eigenvalue weighted by Gasteiger charge is 2.18. The van der Waals surface area contributed by atoms with Gasteiger partial charge in [-0.15, -0.1) is 0 Å². The SMILES string of the molecule is O=C(c1cc(OCCCO)ccc1F)c1ccc(Nc2ccc(F)cc2)cc1Cl. The zero-order valence-corrected chi connectivity index (χ0v) is 16.0. The first-order valence-electron chi connectivity index (χ1n) is 8.88. The monoisotopic (exact) mass is 417 g/mol. The lowest BCUT2D eigenvalue weighted by Gasteiger charge is -2.11. The molecule has 0 radical (unpaired) electrons. The van der Waals surface area contributed by atoms with Gasteiger partial charge in [0.2, 0.25) is 0 Å². The van der Waals surface area contributed by atoms with E-state index in [9.17, 15) is 13.6 Å². The number of nitrogens with one attached hydrogen (secondary N) is 1. The van der Waals surface area contributed by atoms with Crippen LogP contribution in [-0.2, 0) is 0 Å². The Labute approximate surface area is 171 Å². The molecule has 0 heterocycles. The largest absolute Gasteiger partial charge is 0.493 e. The first kappa shape index (κ1) is 20.8. The van der Waals surface area contributed by atoms with Crippen LogP contribution >= 0.6 is 11.6 Å². The van der Waals surface area contributed by atoms with E-state index in [0.29, 0.717) is 23.5 Å². The third-order valence-electron chi connectivity index (χ3n) is 4.10. The van der Waals surface area contributed by atoms with Gasteiger partial charge in [0.05, 0.1) is 17.2 Å². The summed E-state index contributed by atoms with van der Waals surface area (Å²) in [5, 5.41) is 12.0. The van der Waals surface area contributed by atoms with Crippen molar-refractivity contribution in [2.75, 3.05) is 18.5 Å². The molecule has 0 fully saturated rings. The van der Waals surface area contributed by atoms with Gasteiger partial charge in [-0.05, 0) is 60.7 Å². The maximum absolute atomic E-state index is 14.2. The lowest BCUT2D eigenvalue weighted by molar-refractivity contribution is 0.103. The molecule has 3 aromatic rings. The van der Waals surface area contributed by atoms with E-state index in [-0.39, 0.29) is 35.2 Å². The van der Waals surface area contributed by atoms with E-state index < -0.39 is 11.6 Å². The quantitative estimate of drug-likeness (QED) is 0.383. The van der Waals surface area contributed by atoms with Crippen molar-refractivity contribution >= 4 is 28.8 Å². The molecule has 0 saturated carbocycles. The molecule has 0 amide bonds. The molecular weight excluding hydrogens is 400 g/mol. The molecule has 0 unspecified atom stereocenters. The molecule has 29 heavy (non-hydrogen) atoms. The second-order valence-corrected chi connectivity index (χ2v) is 6.63. The lowest BCUT2D eigenvalue weighted by Crippen LogP contribution is -2.07. The molecule has 0 aliphatic rings. The highest BCUT2D eigenvalue weighted by Crippen LogP contribution is 2.28. The summed E-state index contributed by atoms with van der Waals surface area (Å²) >= 11 is 6.26. The number of halogens is 3. The second kappa shape index (κ2) is 9.49. The van der Waals surface area contributed by atoms with E-state index in [2.05, 4.69) is 5.32 Å². The topological polar surface area (TPSA) is 58.6 Å². The van der Waals surface area contributed by atoms with Crippen LogP contribution < -0.4 is 10.1 Å². The zero-order valence-electron chi connectivity index (χ0n) is 15.3. The minimum Gasteiger partial charge on any atom is -0.493 e. The Kier molecular flexibility index (Phi) is 6.80. The molecule has 0 aliphatic carbocycles. The van der Waals surface area contributed by atoms with Crippen LogP contribution in [0.5, 0.6) is 5.75 Å². The molecule has 150 valence electrons. The van der Waals surface area contributed by atoms with Crippen LogP contribution in [0, 0.1) is 11.6 Å². The predicted octanol–water partition coefficient (Wildman–Crippen LogP) is 5.35. The molecule has 2 N–H and O–H groups in total. The van der Waals surface area contributed by atoms with Gasteiger partial charge in [-0.1, -0.05) is 11.6 Å². The fourth-order valence-electron chi connectivity index (χ4n) is 2.64. The summed E-state index contributed by atoms with van der Waals surface area (Å²) in [5.74, 6) is -1.28. The van der Waals surface area contributed by atoms with Crippen molar-refractivity contribution in [1.82, 2.24) is 0 Å². The van der Waals surface area contributed by atoms with Gasteiger partial charge in [-0.2, -0.15) is 0 Å². The average Bonchev–Trinajstić information content (AvgIpc) is 2.71. The number of aliphatic hydroxyl groups is 1. The Balaban J connectivity index is 1.80. The number of anilines is 2. The third kappa shape index (κ3) is 5.31. The van der Waals surface area contributed by atoms with Crippen LogP contribution in [0.3, 0.4) is 0 Å². The van der Waals surface area contributed by atoms with Gasteiger partial charge in [0.25, 0.3) is 0 Å². The van der Waals surface area contributed by atoms with Gasteiger partial charge >= 0.3 is 0 Å². The van der Waals surface area contributed by atoms with Crippen LogP contribution in [-0.4, -0.2) is 24.1 Å². The first-order valence-corrected chi connectivity index (χ1v) is 9.26. The van der Waals surface area contributed by atoms with Gasteiger partial charge in [0.1, 0.15) is 17.4 Å². The summed E-state index contributed by atoms with van der Waals surface area (Å²) < 4.78 is 32.6. The Morgan fingerprint density at radius 1 is 0.966 bits per heavy atom. The highest BCUT2D eigenvalue weighted by molar-refractivity contribution is 6.35. The van der Waals surface area contributed by atoms with Crippen molar-refractivity contribution in [2.24, 2.45) is 0 Å². The Morgan fingerprint density at radius 2 is 1.69 bits per heavy atom. The number of rotatable bonds is 8. The minimum absolute atomic E-state index is 0.0269. The highest BCUT2D eigenvalue weighted by atomic mass is 35.5. The van der Waals surface area contributed by atoms with Gasteiger partial charge in [0, 0.05) is 30.0 Å². The average molecular weight is 418 g/mol. The van der Waals surface area contributed by atoms with Crippen LogP contribution in [0.1, 0.15) is 22.3 Å². The number of carbonyl (C=O) groups is 1. The Hall–Kier alpha value is -2.96. The van der Waals surface area contributed by atoms with Crippen molar-refractivity contribution < 1.29 is 23.4 Å². The fraction of sp³-hybridized carbons (Fsp3) is 0.136. The van der Waals surface area contributed by atoms with E-state index in [0.717, 1.165) is 6.07 Å². The van der Waals surface area contributed by atoms with Gasteiger partial charge in [0.15, 0.2) is 5.78 Å². The van der Waals surface area contributed by atoms with Crippen LogP contribution in [0.2, 0.25) is 5.02 Å². The van der Waals surface area contributed by atoms with E-state index >= 15 is 0 Å². The van der Waals surface area contributed by atoms with Crippen LogP contribution in [0.4, 0.5) is 20.2 Å². The number of benzene rings is 3. The zero-order chi connectivity index (χ0) is 20.8. The molecule has 0 bridgehead atoms. The summed E-state index contributed by atoms with van der Waals surface area (Å²) in [5.41, 5.74) is 1.23. The Morgan fingerprint density at radius 3 is 2.38 bits per heavy atom. The number of hydrogen-bond donors (Lipinski definition) is 2. The molecule has 7 heteroatoms. The number of hydrogen-bond acceptors (Lipinski definition) is 4. The molecule has 3 rings (SSSR count). The maximum atomic E-state index is 14.2. The molecule has 0 aliphatic heterocycles.